The fourth-order valence-corrected chi connectivity index (χ4v) is 5.72. The van der Waals surface area contributed by atoms with Gasteiger partial charge in [-0.15, -0.1) is 5.10 Å². The molecule has 6 rings (SSSR count). The van der Waals surface area contributed by atoms with Crippen molar-refractivity contribution in [1.82, 2.24) is 25.6 Å². The van der Waals surface area contributed by atoms with E-state index in [2.05, 4.69) is 42.3 Å². The molecule has 2 aromatic heterocycles. The maximum absolute atomic E-state index is 13.7. The second-order valence-corrected chi connectivity index (χ2v) is 11.2. The summed E-state index contributed by atoms with van der Waals surface area (Å²) < 4.78 is 40.1. The lowest BCUT2D eigenvalue weighted by atomic mass is 9.93. The van der Waals surface area contributed by atoms with Crippen LogP contribution >= 0.6 is 11.3 Å². The van der Waals surface area contributed by atoms with Crippen LogP contribution < -0.4 is 15.5 Å². The summed E-state index contributed by atoms with van der Waals surface area (Å²) in [5, 5.41) is 18.5. The lowest BCUT2D eigenvalue weighted by Gasteiger charge is -2.23. The van der Waals surface area contributed by atoms with Crippen LogP contribution in [0.5, 0.6) is 0 Å². The number of halogens is 3. The number of fused-ring (bicyclic) bond motifs is 1. The number of nitrogens with zero attached hydrogens (tertiary/aromatic N) is 5. The van der Waals surface area contributed by atoms with Crippen molar-refractivity contribution in [3.05, 3.63) is 95.1 Å². The van der Waals surface area contributed by atoms with Gasteiger partial charge in [-0.1, -0.05) is 46.8 Å². The number of alkyl halides is 3. The molecule has 44 heavy (non-hydrogen) atoms. The molecule has 0 unspecified atom stereocenters. The Kier molecular flexibility index (Phi) is 8.07. The second-order valence-electron chi connectivity index (χ2n) is 10.1. The molecule has 2 heterocycles. The Bertz CT molecular complexity index is 1820. The summed E-state index contributed by atoms with van der Waals surface area (Å²) >= 11 is 1.09. The highest BCUT2D eigenvalue weighted by Crippen LogP contribution is 2.34. The van der Waals surface area contributed by atoms with Gasteiger partial charge in [-0.3, -0.25) is 20.3 Å². The summed E-state index contributed by atoms with van der Waals surface area (Å²) in [6.45, 7) is 0.143. The lowest BCUT2D eigenvalue weighted by Crippen LogP contribution is -2.34. The molecule has 224 valence electrons. The van der Waals surface area contributed by atoms with Crippen LogP contribution in [0.2, 0.25) is 0 Å². The van der Waals surface area contributed by atoms with Gasteiger partial charge < -0.3 is 0 Å². The number of carbonyl (C=O) groups excluding carboxylic acids is 2. The van der Waals surface area contributed by atoms with Gasteiger partial charge in [0.1, 0.15) is 0 Å². The molecule has 0 saturated heterocycles. The minimum absolute atomic E-state index is 0.0406. The van der Waals surface area contributed by atoms with Crippen molar-refractivity contribution in [1.29, 1.82) is 0 Å². The van der Waals surface area contributed by atoms with E-state index < -0.39 is 23.7 Å². The molecule has 0 saturated carbocycles. The number of allylic oxidation sites excluding steroid dienone is 2. The normalized spacial score (nSPS) is 13.4. The van der Waals surface area contributed by atoms with E-state index in [4.69, 9.17) is 0 Å². The Balaban J connectivity index is 1.24. The number of benzene rings is 3. The van der Waals surface area contributed by atoms with Gasteiger partial charge in [0.05, 0.1) is 22.3 Å². The molecule has 1 aliphatic rings. The quantitative estimate of drug-likeness (QED) is 0.176. The topological polar surface area (TPSA) is 129 Å². The second kappa shape index (κ2) is 12.2. The Morgan fingerprint density at radius 1 is 0.977 bits per heavy atom. The molecule has 0 atom stereocenters. The summed E-state index contributed by atoms with van der Waals surface area (Å²) in [6.07, 6.45) is 2.11. The molecule has 14 heteroatoms. The van der Waals surface area contributed by atoms with E-state index in [-0.39, 0.29) is 23.1 Å². The van der Waals surface area contributed by atoms with Crippen LogP contribution in [0.1, 0.15) is 52.7 Å². The zero-order chi connectivity index (χ0) is 30.7. The smallest absolute Gasteiger partial charge is 0.290 e. The van der Waals surface area contributed by atoms with E-state index >= 15 is 0 Å². The van der Waals surface area contributed by atoms with E-state index in [0.29, 0.717) is 16.0 Å². The van der Waals surface area contributed by atoms with E-state index in [1.54, 1.807) is 24.3 Å². The van der Waals surface area contributed by atoms with Gasteiger partial charge >= 0.3 is 12.2 Å². The summed E-state index contributed by atoms with van der Waals surface area (Å²) in [5.41, 5.74) is 3.41. The van der Waals surface area contributed by atoms with Crippen LogP contribution in [0, 0.1) is 0 Å². The number of carbonyl (C=O) groups is 2. The third-order valence-electron chi connectivity index (χ3n) is 7.14. The minimum Gasteiger partial charge on any atom is -0.290 e. The first-order chi connectivity index (χ1) is 21.2. The maximum Gasteiger partial charge on any atom is 0.416 e. The average molecular weight is 619 g/mol. The molecule has 1 aliphatic carbocycles. The van der Waals surface area contributed by atoms with Crippen LogP contribution in [0.15, 0.2) is 72.8 Å². The molecule has 0 fully saturated rings. The standard InChI is InChI=1S/C30H25F3N8O2S/c31-30(32,33)22-12-15-25-24(16-22)34-28(44-25)36-29(43)41(23-13-10-20(11-14-23)19-4-2-1-3-5-19)17-18-6-8-21(9-7-18)26(42)35-27-37-39-40-38-27/h4,6-16H,1-3,5,17H2,(H,34,36,43)(H2,35,37,38,39,40,42). The first kappa shape index (κ1) is 29.0. The van der Waals surface area contributed by atoms with Gasteiger partial charge in [0.2, 0.25) is 0 Å². The number of urea groups is 1. The molecule has 3 aromatic carbocycles. The fraction of sp³-hybridized carbons (Fsp3) is 0.200. The van der Waals surface area contributed by atoms with Crippen molar-refractivity contribution < 1.29 is 22.8 Å². The number of amides is 3. The number of anilines is 3. The predicted molar refractivity (Wildman–Crippen MR) is 161 cm³/mol. The zero-order valence-corrected chi connectivity index (χ0v) is 23.9. The van der Waals surface area contributed by atoms with Crippen molar-refractivity contribution in [3.63, 3.8) is 0 Å². The lowest BCUT2D eigenvalue weighted by molar-refractivity contribution is -0.137. The molecule has 3 amide bonds. The molecule has 0 radical (unpaired) electrons. The Morgan fingerprint density at radius 2 is 1.77 bits per heavy atom. The van der Waals surface area contributed by atoms with Crippen LogP contribution in [0.4, 0.5) is 34.7 Å². The summed E-state index contributed by atoms with van der Waals surface area (Å²) in [5.74, 6) is -0.386. The van der Waals surface area contributed by atoms with E-state index in [1.165, 1.54) is 23.0 Å². The minimum atomic E-state index is -4.50. The number of tetrazole rings is 1. The van der Waals surface area contributed by atoms with Crippen molar-refractivity contribution in [2.24, 2.45) is 0 Å². The van der Waals surface area contributed by atoms with E-state index in [9.17, 15) is 22.8 Å². The summed E-state index contributed by atoms with van der Waals surface area (Å²) in [6, 6.07) is 17.2. The van der Waals surface area contributed by atoms with Crippen LogP contribution in [-0.2, 0) is 12.7 Å². The number of rotatable bonds is 7. The number of aromatic amines is 1. The Hall–Kier alpha value is -5.11. The number of thiazole rings is 1. The largest absolute Gasteiger partial charge is 0.416 e. The fourth-order valence-electron chi connectivity index (χ4n) is 4.88. The highest BCUT2D eigenvalue weighted by atomic mass is 32.1. The number of hydrogen-bond donors (Lipinski definition) is 3. The molecule has 0 spiro atoms. The van der Waals surface area contributed by atoms with Crippen molar-refractivity contribution >= 4 is 55.8 Å². The molecule has 5 aromatic rings. The number of hydrogen-bond acceptors (Lipinski definition) is 7. The average Bonchev–Trinajstić information content (AvgIpc) is 3.69. The Morgan fingerprint density at radius 3 is 2.45 bits per heavy atom. The van der Waals surface area contributed by atoms with Gasteiger partial charge in [0.15, 0.2) is 5.13 Å². The van der Waals surface area contributed by atoms with Crippen molar-refractivity contribution in [2.75, 3.05) is 15.5 Å². The molecule has 3 N–H and O–H groups in total. The highest BCUT2D eigenvalue weighted by molar-refractivity contribution is 7.22. The third kappa shape index (κ3) is 6.59. The number of aromatic nitrogens is 5. The molecular weight excluding hydrogens is 593 g/mol. The molecule has 0 bridgehead atoms. The summed E-state index contributed by atoms with van der Waals surface area (Å²) in [4.78, 5) is 31.9. The third-order valence-corrected chi connectivity index (χ3v) is 8.09. The molecule has 0 aliphatic heterocycles. The first-order valence-corrected chi connectivity index (χ1v) is 14.5. The molecular formula is C30H25F3N8O2S. The van der Waals surface area contributed by atoms with Crippen LogP contribution in [0.25, 0.3) is 15.8 Å². The van der Waals surface area contributed by atoms with Gasteiger partial charge in [0.25, 0.3) is 11.9 Å². The predicted octanol–water partition coefficient (Wildman–Crippen LogP) is 7.28. The van der Waals surface area contributed by atoms with Crippen LogP contribution in [-0.4, -0.2) is 37.5 Å². The summed E-state index contributed by atoms with van der Waals surface area (Å²) in [7, 11) is 0. The zero-order valence-electron chi connectivity index (χ0n) is 23.1. The van der Waals surface area contributed by atoms with Crippen molar-refractivity contribution in [3.8, 4) is 0 Å². The number of nitrogens with one attached hydrogen (secondary N) is 3. The van der Waals surface area contributed by atoms with Gasteiger partial charge in [-0.05, 0) is 90.1 Å². The maximum atomic E-state index is 13.7. The van der Waals surface area contributed by atoms with Gasteiger partial charge in [0, 0.05) is 11.3 Å². The highest BCUT2D eigenvalue weighted by Gasteiger charge is 2.31. The number of H-pyrrole nitrogens is 1. The molecule has 10 nitrogen and oxygen atoms in total. The monoisotopic (exact) mass is 618 g/mol. The first-order valence-electron chi connectivity index (χ1n) is 13.7. The Labute approximate surface area is 253 Å². The van der Waals surface area contributed by atoms with Gasteiger partial charge in [-0.25, -0.2) is 9.78 Å². The van der Waals surface area contributed by atoms with Crippen LogP contribution in [0.3, 0.4) is 0 Å². The van der Waals surface area contributed by atoms with Gasteiger partial charge in [-0.2, -0.15) is 18.4 Å². The van der Waals surface area contributed by atoms with E-state index in [0.717, 1.165) is 53.9 Å². The SMILES string of the molecule is O=C(Nc1nn[nH]n1)c1ccc(CN(C(=O)Nc2nc3cc(C(F)(F)F)ccc3s2)c2ccc(C3=CCCCC3)cc2)cc1. The van der Waals surface area contributed by atoms with E-state index in [1.807, 2.05) is 24.3 Å². The van der Waals surface area contributed by atoms with Crippen molar-refractivity contribution in [2.45, 2.75) is 38.4 Å².